The Hall–Kier alpha value is -2.51. The monoisotopic (exact) mass is 277 g/mol. The van der Waals surface area contributed by atoms with E-state index in [9.17, 15) is 9.59 Å². The number of aryl methyl sites for hydroxylation is 1. The molecule has 1 atom stereocenters. The molecule has 8 nitrogen and oxygen atoms in total. The van der Waals surface area contributed by atoms with Crippen molar-refractivity contribution in [3.8, 4) is 0 Å². The van der Waals surface area contributed by atoms with Crippen LogP contribution in [0.3, 0.4) is 0 Å². The van der Waals surface area contributed by atoms with Gasteiger partial charge in [-0.05, 0) is 20.8 Å². The topological polar surface area (TPSA) is 98.5 Å². The minimum absolute atomic E-state index is 0.268. The number of carbonyl (C=O) groups is 2. The molecule has 0 spiro atoms. The SMILES string of the molecule is CCOC(=O)C(C)NC(=O)c1cnc2ncnn2c1C. The average Bonchev–Trinajstić information content (AvgIpc) is 2.88. The summed E-state index contributed by atoms with van der Waals surface area (Å²) in [6.07, 6.45) is 2.77. The summed E-state index contributed by atoms with van der Waals surface area (Å²) in [4.78, 5) is 31.6. The van der Waals surface area contributed by atoms with Crippen molar-refractivity contribution in [2.75, 3.05) is 6.61 Å². The van der Waals surface area contributed by atoms with Crippen molar-refractivity contribution in [3.63, 3.8) is 0 Å². The van der Waals surface area contributed by atoms with Gasteiger partial charge in [0.15, 0.2) is 0 Å². The Bertz CT molecular complexity index is 652. The Morgan fingerprint density at radius 3 is 2.90 bits per heavy atom. The molecule has 0 aliphatic carbocycles. The third-order valence-electron chi connectivity index (χ3n) is 2.78. The molecule has 1 amide bonds. The third kappa shape index (κ3) is 2.58. The van der Waals surface area contributed by atoms with Crippen molar-refractivity contribution in [1.29, 1.82) is 0 Å². The maximum atomic E-state index is 12.1. The number of hydrogen-bond acceptors (Lipinski definition) is 6. The zero-order valence-corrected chi connectivity index (χ0v) is 11.5. The summed E-state index contributed by atoms with van der Waals surface area (Å²) < 4.78 is 6.29. The number of aromatic nitrogens is 4. The van der Waals surface area contributed by atoms with E-state index in [1.165, 1.54) is 17.0 Å². The van der Waals surface area contributed by atoms with Gasteiger partial charge in [-0.1, -0.05) is 0 Å². The van der Waals surface area contributed by atoms with Crippen LogP contribution in [-0.4, -0.2) is 44.1 Å². The highest BCUT2D eigenvalue weighted by molar-refractivity contribution is 5.97. The minimum Gasteiger partial charge on any atom is -0.464 e. The zero-order chi connectivity index (χ0) is 14.7. The number of amides is 1. The first kappa shape index (κ1) is 13.9. The van der Waals surface area contributed by atoms with E-state index in [2.05, 4.69) is 20.4 Å². The molecule has 2 aromatic rings. The van der Waals surface area contributed by atoms with Gasteiger partial charge in [0, 0.05) is 6.20 Å². The molecule has 106 valence electrons. The standard InChI is InChI=1S/C12H15N5O3/c1-4-20-11(19)7(2)16-10(18)9-5-13-12-14-6-15-17(12)8(9)3/h5-7H,4H2,1-3H3,(H,16,18). The second kappa shape index (κ2) is 5.64. The number of esters is 1. The molecular weight excluding hydrogens is 262 g/mol. The van der Waals surface area contributed by atoms with Crippen LogP contribution in [0.2, 0.25) is 0 Å². The normalized spacial score (nSPS) is 12.2. The molecule has 0 saturated carbocycles. The predicted octanol–water partition coefficient (Wildman–Crippen LogP) is 0.114. The van der Waals surface area contributed by atoms with Crippen molar-refractivity contribution in [1.82, 2.24) is 24.9 Å². The van der Waals surface area contributed by atoms with Crippen molar-refractivity contribution in [2.45, 2.75) is 26.8 Å². The molecule has 0 fully saturated rings. The van der Waals surface area contributed by atoms with Crippen molar-refractivity contribution < 1.29 is 14.3 Å². The highest BCUT2D eigenvalue weighted by Gasteiger charge is 2.20. The van der Waals surface area contributed by atoms with Crippen LogP contribution < -0.4 is 5.32 Å². The Labute approximate surface area is 115 Å². The molecule has 0 aromatic carbocycles. The van der Waals surface area contributed by atoms with Crippen LogP contribution >= 0.6 is 0 Å². The van der Waals surface area contributed by atoms with Crippen molar-refractivity contribution in [2.24, 2.45) is 0 Å². The van der Waals surface area contributed by atoms with Gasteiger partial charge in [0.1, 0.15) is 12.4 Å². The van der Waals surface area contributed by atoms with E-state index in [4.69, 9.17) is 4.74 Å². The molecule has 2 heterocycles. The second-order valence-corrected chi connectivity index (χ2v) is 4.18. The molecule has 0 aliphatic rings. The van der Waals surface area contributed by atoms with Gasteiger partial charge in [0.2, 0.25) is 0 Å². The minimum atomic E-state index is -0.728. The zero-order valence-electron chi connectivity index (χ0n) is 11.5. The third-order valence-corrected chi connectivity index (χ3v) is 2.78. The fourth-order valence-corrected chi connectivity index (χ4v) is 1.71. The fraction of sp³-hybridized carbons (Fsp3) is 0.417. The maximum absolute atomic E-state index is 12.1. The lowest BCUT2D eigenvalue weighted by molar-refractivity contribution is -0.144. The number of carbonyl (C=O) groups excluding carboxylic acids is 2. The van der Waals surface area contributed by atoms with Crippen molar-refractivity contribution in [3.05, 3.63) is 23.8 Å². The van der Waals surface area contributed by atoms with Gasteiger partial charge < -0.3 is 10.1 Å². The predicted molar refractivity (Wildman–Crippen MR) is 69.1 cm³/mol. The molecule has 8 heteroatoms. The van der Waals surface area contributed by atoms with E-state index in [-0.39, 0.29) is 6.61 Å². The molecule has 1 unspecified atom stereocenters. The first-order valence-corrected chi connectivity index (χ1v) is 6.17. The van der Waals surface area contributed by atoms with E-state index in [0.29, 0.717) is 17.0 Å². The molecule has 0 radical (unpaired) electrons. The summed E-state index contributed by atoms with van der Waals surface area (Å²) in [6, 6.07) is -0.728. The van der Waals surface area contributed by atoms with Crippen LogP contribution in [0, 0.1) is 6.92 Å². The summed E-state index contributed by atoms with van der Waals surface area (Å²) in [7, 11) is 0. The number of hydrogen-bond donors (Lipinski definition) is 1. The van der Waals surface area contributed by atoms with Gasteiger partial charge in [-0.2, -0.15) is 10.1 Å². The smallest absolute Gasteiger partial charge is 0.328 e. The molecule has 2 rings (SSSR count). The van der Waals surface area contributed by atoms with Crippen LogP contribution in [0.5, 0.6) is 0 Å². The highest BCUT2D eigenvalue weighted by Crippen LogP contribution is 2.07. The molecule has 20 heavy (non-hydrogen) atoms. The molecule has 0 aliphatic heterocycles. The van der Waals surface area contributed by atoms with Crippen molar-refractivity contribution >= 4 is 17.7 Å². The Kier molecular flexibility index (Phi) is 3.92. The summed E-state index contributed by atoms with van der Waals surface area (Å²) >= 11 is 0. The Morgan fingerprint density at radius 2 is 2.20 bits per heavy atom. The summed E-state index contributed by atoms with van der Waals surface area (Å²) in [5.74, 6) is -0.473. The lowest BCUT2D eigenvalue weighted by Gasteiger charge is -2.13. The van der Waals surface area contributed by atoms with E-state index in [0.717, 1.165) is 0 Å². The van der Waals surface area contributed by atoms with E-state index in [1.54, 1.807) is 20.8 Å². The number of ether oxygens (including phenoxy) is 1. The summed E-state index contributed by atoms with van der Waals surface area (Å²) in [5, 5.41) is 6.54. The maximum Gasteiger partial charge on any atom is 0.328 e. The lowest BCUT2D eigenvalue weighted by Crippen LogP contribution is -2.40. The second-order valence-electron chi connectivity index (χ2n) is 4.18. The fourth-order valence-electron chi connectivity index (χ4n) is 1.71. The van der Waals surface area contributed by atoms with Gasteiger partial charge >= 0.3 is 5.97 Å². The number of fused-ring (bicyclic) bond motifs is 1. The number of nitrogens with one attached hydrogen (secondary N) is 1. The lowest BCUT2D eigenvalue weighted by atomic mass is 10.2. The molecule has 0 saturated heterocycles. The van der Waals surface area contributed by atoms with E-state index < -0.39 is 17.9 Å². The summed E-state index contributed by atoms with van der Waals surface area (Å²) in [6.45, 7) is 5.27. The van der Waals surface area contributed by atoms with Gasteiger partial charge in [0.25, 0.3) is 11.7 Å². The highest BCUT2D eigenvalue weighted by atomic mass is 16.5. The first-order chi connectivity index (χ1) is 9.54. The van der Waals surface area contributed by atoms with Gasteiger partial charge in [-0.15, -0.1) is 0 Å². The van der Waals surface area contributed by atoms with Crippen LogP contribution in [-0.2, 0) is 9.53 Å². The van der Waals surface area contributed by atoms with E-state index >= 15 is 0 Å². The quantitative estimate of drug-likeness (QED) is 0.797. The Balaban J connectivity index is 2.19. The van der Waals surface area contributed by atoms with Crippen LogP contribution in [0.4, 0.5) is 0 Å². The average molecular weight is 277 g/mol. The number of nitrogens with zero attached hydrogens (tertiary/aromatic N) is 4. The largest absolute Gasteiger partial charge is 0.464 e. The number of rotatable bonds is 4. The Morgan fingerprint density at radius 1 is 1.45 bits per heavy atom. The van der Waals surface area contributed by atoms with Gasteiger partial charge in [0.05, 0.1) is 17.9 Å². The van der Waals surface area contributed by atoms with Crippen LogP contribution in [0.15, 0.2) is 12.5 Å². The van der Waals surface area contributed by atoms with Crippen LogP contribution in [0.25, 0.3) is 5.78 Å². The first-order valence-electron chi connectivity index (χ1n) is 6.17. The van der Waals surface area contributed by atoms with E-state index in [1.807, 2.05) is 0 Å². The van der Waals surface area contributed by atoms with Crippen LogP contribution in [0.1, 0.15) is 29.9 Å². The van der Waals surface area contributed by atoms with Gasteiger partial charge in [-0.25, -0.2) is 14.3 Å². The van der Waals surface area contributed by atoms with Gasteiger partial charge in [-0.3, -0.25) is 4.79 Å². The molecule has 0 bridgehead atoms. The molecule has 2 aromatic heterocycles. The molecule has 1 N–H and O–H groups in total. The summed E-state index contributed by atoms with van der Waals surface area (Å²) in [5.41, 5.74) is 0.931. The molecular formula is C12H15N5O3.